The molecule has 0 fully saturated rings. The molecule has 3 heterocycles. The van der Waals surface area contributed by atoms with Crippen molar-refractivity contribution in [1.29, 1.82) is 0 Å². The molecule has 102 valence electrons. The largest absolute Gasteiger partial charge is 0.294 e. The lowest BCUT2D eigenvalue weighted by Gasteiger charge is -2.01. The van der Waals surface area contributed by atoms with Gasteiger partial charge in [-0.2, -0.15) is 10.2 Å². The lowest BCUT2D eigenvalue weighted by molar-refractivity contribution is -0.120. The Morgan fingerprint density at radius 2 is 2.40 bits per heavy atom. The van der Waals surface area contributed by atoms with Crippen LogP contribution >= 0.6 is 11.3 Å². The van der Waals surface area contributed by atoms with E-state index in [1.165, 1.54) is 15.9 Å². The number of nitrogens with zero attached hydrogens (tertiary/aromatic N) is 3. The van der Waals surface area contributed by atoms with E-state index in [4.69, 9.17) is 5.84 Å². The predicted octanol–water partition coefficient (Wildman–Crippen LogP) is -0.321. The highest BCUT2D eigenvalue weighted by molar-refractivity contribution is 7.13. The summed E-state index contributed by atoms with van der Waals surface area (Å²) in [6, 6.07) is 5.46. The fourth-order valence-corrected chi connectivity index (χ4v) is 2.49. The smallest absolute Gasteiger partial charge is 0.290 e. The molecule has 3 rings (SSSR count). The van der Waals surface area contributed by atoms with Gasteiger partial charge in [-0.05, 0) is 17.5 Å². The number of thiophene rings is 1. The van der Waals surface area contributed by atoms with Crippen LogP contribution in [-0.4, -0.2) is 25.7 Å². The van der Waals surface area contributed by atoms with E-state index in [1.54, 1.807) is 6.07 Å². The first kappa shape index (κ1) is 12.5. The molecule has 0 saturated carbocycles. The Hall–Kier alpha value is -2.52. The van der Waals surface area contributed by atoms with Crippen LogP contribution in [0.5, 0.6) is 0 Å². The summed E-state index contributed by atoms with van der Waals surface area (Å²) >= 11 is 1.51. The number of aromatic nitrogens is 4. The molecule has 0 aliphatic rings. The first-order chi connectivity index (χ1) is 9.69. The van der Waals surface area contributed by atoms with Crippen molar-refractivity contribution < 1.29 is 4.79 Å². The Morgan fingerprint density at radius 3 is 3.10 bits per heavy atom. The van der Waals surface area contributed by atoms with Crippen LogP contribution in [0.25, 0.3) is 16.1 Å². The van der Waals surface area contributed by atoms with Crippen LogP contribution in [0.1, 0.15) is 5.82 Å². The molecule has 0 unspecified atom stereocenters. The summed E-state index contributed by atoms with van der Waals surface area (Å²) in [5.41, 5.74) is 2.65. The molecule has 8 nitrogen and oxygen atoms in total. The van der Waals surface area contributed by atoms with Gasteiger partial charge in [0, 0.05) is 0 Å². The number of amides is 1. The normalized spacial score (nSPS) is 10.8. The zero-order valence-electron chi connectivity index (χ0n) is 10.2. The van der Waals surface area contributed by atoms with Gasteiger partial charge in [0.1, 0.15) is 11.2 Å². The predicted molar refractivity (Wildman–Crippen MR) is 73.0 cm³/mol. The first-order valence-electron chi connectivity index (χ1n) is 5.69. The van der Waals surface area contributed by atoms with E-state index in [0.29, 0.717) is 17.0 Å². The van der Waals surface area contributed by atoms with Crippen LogP contribution in [0, 0.1) is 0 Å². The molecule has 0 bridgehead atoms. The van der Waals surface area contributed by atoms with E-state index in [0.717, 1.165) is 4.88 Å². The van der Waals surface area contributed by atoms with E-state index >= 15 is 0 Å². The molecule has 0 aliphatic heterocycles. The first-order valence-corrected chi connectivity index (χ1v) is 6.57. The number of carbonyl (C=O) groups is 1. The third-order valence-electron chi connectivity index (χ3n) is 2.73. The van der Waals surface area contributed by atoms with Crippen molar-refractivity contribution in [2.45, 2.75) is 6.42 Å². The molecule has 1 amide bonds. The van der Waals surface area contributed by atoms with Gasteiger partial charge in [-0.25, -0.2) is 15.5 Å². The number of rotatable bonds is 3. The van der Waals surface area contributed by atoms with Gasteiger partial charge >= 0.3 is 0 Å². The van der Waals surface area contributed by atoms with Crippen LogP contribution in [0.4, 0.5) is 0 Å². The molecule has 3 aromatic rings. The summed E-state index contributed by atoms with van der Waals surface area (Å²) in [5.74, 6) is 4.94. The van der Waals surface area contributed by atoms with E-state index in [9.17, 15) is 9.59 Å². The van der Waals surface area contributed by atoms with Crippen molar-refractivity contribution >= 4 is 22.8 Å². The second-order valence-corrected chi connectivity index (χ2v) is 4.96. The average molecular weight is 290 g/mol. The Balaban J connectivity index is 2.16. The van der Waals surface area contributed by atoms with Gasteiger partial charge in [-0.3, -0.25) is 15.0 Å². The van der Waals surface area contributed by atoms with Gasteiger partial charge in [0.25, 0.3) is 5.56 Å². The number of carbonyl (C=O) groups excluding carboxylic acids is 1. The molecule has 20 heavy (non-hydrogen) atoms. The minimum Gasteiger partial charge on any atom is -0.294 e. The van der Waals surface area contributed by atoms with Crippen molar-refractivity contribution in [1.82, 2.24) is 25.2 Å². The summed E-state index contributed by atoms with van der Waals surface area (Å²) in [7, 11) is 0. The molecule has 0 aromatic carbocycles. The number of fused-ring (bicyclic) bond motifs is 1. The van der Waals surface area contributed by atoms with Gasteiger partial charge in [0.05, 0.1) is 11.3 Å². The average Bonchev–Trinajstić information content (AvgIpc) is 3.09. The van der Waals surface area contributed by atoms with Crippen LogP contribution in [-0.2, 0) is 11.2 Å². The zero-order valence-corrected chi connectivity index (χ0v) is 11.0. The summed E-state index contributed by atoms with van der Waals surface area (Å²) in [4.78, 5) is 24.0. The maximum Gasteiger partial charge on any atom is 0.290 e. The second-order valence-electron chi connectivity index (χ2n) is 4.02. The molecule has 0 atom stereocenters. The number of aromatic amines is 1. The summed E-state index contributed by atoms with van der Waals surface area (Å²) in [6.07, 6.45) is -0.0741. The molecule has 0 spiro atoms. The number of hydrazine groups is 1. The van der Waals surface area contributed by atoms with Crippen LogP contribution < -0.4 is 16.8 Å². The fraction of sp³-hybridized carbons (Fsp3) is 0.0909. The maximum atomic E-state index is 11.8. The Labute approximate surface area is 116 Å². The third-order valence-corrected chi connectivity index (χ3v) is 3.62. The van der Waals surface area contributed by atoms with Gasteiger partial charge in [-0.15, -0.1) is 11.3 Å². The van der Waals surface area contributed by atoms with Crippen molar-refractivity contribution in [3.63, 3.8) is 0 Å². The van der Waals surface area contributed by atoms with E-state index < -0.39 is 5.91 Å². The minimum absolute atomic E-state index is 0.0741. The fourth-order valence-electron chi connectivity index (χ4n) is 1.81. The van der Waals surface area contributed by atoms with E-state index in [1.807, 2.05) is 22.9 Å². The van der Waals surface area contributed by atoms with E-state index in [2.05, 4.69) is 15.3 Å². The molecular formula is C11H10N6O2S. The standard InChI is InChI=1S/C11H10N6O2S/c12-13-10(18)5-9-14-15-11(19)7-4-6(16-17(7)9)8-2-1-3-20-8/h1-4H,5,12H2,(H,13,18)(H,15,19). The zero-order chi connectivity index (χ0) is 14.1. The third kappa shape index (κ3) is 2.08. The van der Waals surface area contributed by atoms with Gasteiger partial charge < -0.3 is 0 Å². The Morgan fingerprint density at radius 1 is 1.55 bits per heavy atom. The Bertz CT molecular complexity index is 819. The van der Waals surface area contributed by atoms with Gasteiger partial charge in [0.15, 0.2) is 5.82 Å². The number of hydrogen-bond acceptors (Lipinski definition) is 6. The van der Waals surface area contributed by atoms with Crippen molar-refractivity contribution in [2.24, 2.45) is 5.84 Å². The summed E-state index contributed by atoms with van der Waals surface area (Å²) in [6.45, 7) is 0. The molecule has 9 heteroatoms. The Kier molecular flexibility index (Phi) is 3.05. The topological polar surface area (TPSA) is 118 Å². The quantitative estimate of drug-likeness (QED) is 0.347. The van der Waals surface area contributed by atoms with Crippen LogP contribution in [0.15, 0.2) is 28.4 Å². The molecule has 3 aromatic heterocycles. The second kappa shape index (κ2) is 4.87. The molecule has 4 N–H and O–H groups in total. The van der Waals surface area contributed by atoms with Crippen molar-refractivity contribution in [3.8, 4) is 10.6 Å². The number of nitrogens with one attached hydrogen (secondary N) is 2. The SMILES string of the molecule is NNC(=O)Cc1n[nH]c(=O)c2cc(-c3cccs3)nn12. The lowest BCUT2D eigenvalue weighted by Crippen LogP contribution is -2.33. The van der Waals surface area contributed by atoms with Crippen molar-refractivity contribution in [2.75, 3.05) is 0 Å². The monoisotopic (exact) mass is 290 g/mol. The highest BCUT2D eigenvalue weighted by Crippen LogP contribution is 2.23. The minimum atomic E-state index is -0.418. The maximum absolute atomic E-state index is 11.8. The molecule has 0 aliphatic carbocycles. The highest BCUT2D eigenvalue weighted by Gasteiger charge is 2.14. The molecule has 0 radical (unpaired) electrons. The summed E-state index contributed by atoms with van der Waals surface area (Å²) in [5, 5.41) is 12.4. The number of hydrogen-bond donors (Lipinski definition) is 3. The van der Waals surface area contributed by atoms with Crippen LogP contribution in [0.2, 0.25) is 0 Å². The van der Waals surface area contributed by atoms with Crippen molar-refractivity contribution in [3.05, 3.63) is 39.8 Å². The highest BCUT2D eigenvalue weighted by atomic mass is 32.1. The lowest BCUT2D eigenvalue weighted by atomic mass is 10.3. The van der Waals surface area contributed by atoms with E-state index in [-0.39, 0.29) is 12.0 Å². The van der Waals surface area contributed by atoms with Gasteiger partial charge in [-0.1, -0.05) is 6.07 Å². The molecule has 0 saturated heterocycles. The number of H-pyrrole nitrogens is 1. The number of nitrogens with two attached hydrogens (primary N) is 1. The molecular weight excluding hydrogens is 280 g/mol. The van der Waals surface area contributed by atoms with Gasteiger partial charge in [0.2, 0.25) is 5.91 Å². The van der Waals surface area contributed by atoms with Crippen LogP contribution in [0.3, 0.4) is 0 Å². The summed E-state index contributed by atoms with van der Waals surface area (Å²) < 4.78 is 1.36.